The summed E-state index contributed by atoms with van der Waals surface area (Å²) >= 11 is 0. The highest BCUT2D eigenvalue weighted by molar-refractivity contribution is 7.86. The summed E-state index contributed by atoms with van der Waals surface area (Å²) < 4.78 is 11.6. The van der Waals surface area contributed by atoms with E-state index in [1.165, 1.54) is 0 Å². The van der Waals surface area contributed by atoms with Gasteiger partial charge in [0.2, 0.25) is 5.91 Å². The van der Waals surface area contributed by atoms with Crippen LogP contribution in [0.15, 0.2) is 0 Å². The second-order valence-electron chi connectivity index (χ2n) is 6.47. The molecule has 2 fully saturated rings. The lowest BCUT2D eigenvalue weighted by Gasteiger charge is -2.37. The van der Waals surface area contributed by atoms with E-state index in [1.54, 1.807) is 0 Å². The molecule has 1 saturated carbocycles. The van der Waals surface area contributed by atoms with Crippen molar-refractivity contribution in [3.05, 3.63) is 0 Å². The summed E-state index contributed by atoms with van der Waals surface area (Å²) in [5.41, 5.74) is -0.648. The zero-order chi connectivity index (χ0) is 14.8. The van der Waals surface area contributed by atoms with Crippen molar-refractivity contribution in [3.63, 3.8) is 0 Å². The van der Waals surface area contributed by atoms with Gasteiger partial charge in [0.05, 0.1) is 17.4 Å². The molecule has 2 rings (SSSR count). The van der Waals surface area contributed by atoms with Gasteiger partial charge in [-0.15, -0.1) is 0 Å². The third-order valence-electron chi connectivity index (χ3n) is 4.23. The molecule has 0 aromatic rings. The van der Waals surface area contributed by atoms with Crippen molar-refractivity contribution >= 4 is 16.7 Å². The summed E-state index contributed by atoms with van der Waals surface area (Å²) in [6.07, 6.45) is 3.52. The number of nitriles is 1. The molecule has 1 atom stereocenters. The smallest absolute Gasteiger partial charge is 0.235 e. The first kappa shape index (κ1) is 15.5. The molecule has 112 valence electrons. The van der Waals surface area contributed by atoms with E-state index in [-0.39, 0.29) is 10.7 Å². The zero-order valence-corrected chi connectivity index (χ0v) is 13.1. The Balaban J connectivity index is 1.89. The Labute approximate surface area is 123 Å². The molecule has 0 spiro atoms. The summed E-state index contributed by atoms with van der Waals surface area (Å²) in [7, 11) is -0.826. The Morgan fingerprint density at radius 2 is 2.05 bits per heavy atom. The minimum Gasteiger partial charge on any atom is -0.337 e. The van der Waals surface area contributed by atoms with Crippen LogP contribution < -0.4 is 5.32 Å². The maximum atomic E-state index is 12.1. The highest BCUT2D eigenvalue weighted by Crippen LogP contribution is 2.29. The lowest BCUT2D eigenvalue weighted by atomic mass is 10.00. The zero-order valence-electron chi connectivity index (χ0n) is 12.3. The fourth-order valence-electron chi connectivity index (χ4n) is 3.07. The fourth-order valence-corrected chi connectivity index (χ4v) is 4.37. The predicted molar refractivity (Wildman–Crippen MR) is 78.5 cm³/mol. The molecule has 2 aliphatic rings. The largest absolute Gasteiger partial charge is 0.337 e. The molecule has 1 heterocycles. The molecular formula is C14H23N3O2S. The highest BCUT2D eigenvalue weighted by Gasteiger charge is 2.37. The maximum Gasteiger partial charge on any atom is 0.235 e. The van der Waals surface area contributed by atoms with Gasteiger partial charge in [-0.05, 0) is 39.5 Å². The van der Waals surface area contributed by atoms with Crippen molar-refractivity contribution in [2.24, 2.45) is 0 Å². The van der Waals surface area contributed by atoms with Gasteiger partial charge in [-0.3, -0.25) is 13.9 Å². The summed E-state index contributed by atoms with van der Waals surface area (Å²) in [5.74, 6) is 0.529. The Morgan fingerprint density at radius 3 is 2.60 bits per heavy atom. The molecule has 6 heteroatoms. The van der Waals surface area contributed by atoms with E-state index in [0.717, 1.165) is 25.7 Å². The summed E-state index contributed by atoms with van der Waals surface area (Å²) in [5, 5.41) is 12.2. The van der Waals surface area contributed by atoms with Gasteiger partial charge in [0, 0.05) is 29.6 Å². The molecule has 0 aromatic heterocycles. The third-order valence-corrected chi connectivity index (χ3v) is 6.15. The molecular weight excluding hydrogens is 274 g/mol. The molecule has 1 aliphatic carbocycles. The van der Waals surface area contributed by atoms with E-state index in [2.05, 4.69) is 11.4 Å². The van der Waals surface area contributed by atoms with Gasteiger partial charge in [-0.2, -0.15) is 5.26 Å². The van der Waals surface area contributed by atoms with Crippen LogP contribution in [0.4, 0.5) is 0 Å². The average molecular weight is 297 g/mol. The average Bonchev–Trinajstić information content (AvgIpc) is 2.82. The number of carbonyl (C=O) groups is 1. The Bertz CT molecular complexity index is 450. The molecule has 1 amide bonds. The normalized spacial score (nSPS) is 28.8. The minimum atomic E-state index is -0.826. The van der Waals surface area contributed by atoms with E-state index in [0.29, 0.717) is 25.4 Å². The summed E-state index contributed by atoms with van der Waals surface area (Å²) in [4.78, 5) is 14.2. The van der Waals surface area contributed by atoms with Gasteiger partial charge in [-0.25, -0.2) is 0 Å². The topological polar surface area (TPSA) is 73.2 Å². The van der Waals surface area contributed by atoms with Crippen molar-refractivity contribution in [1.82, 2.24) is 10.2 Å². The van der Waals surface area contributed by atoms with E-state index >= 15 is 0 Å². The SMILES string of the molecule is CC1(C)CN(CC(=O)NC2(C#N)CCCC2)CC[S@@]1=O. The van der Waals surface area contributed by atoms with Gasteiger partial charge >= 0.3 is 0 Å². The van der Waals surface area contributed by atoms with E-state index in [1.807, 2.05) is 18.7 Å². The molecule has 0 aromatic carbocycles. The lowest BCUT2D eigenvalue weighted by Crippen LogP contribution is -2.54. The van der Waals surface area contributed by atoms with Crippen molar-refractivity contribution < 1.29 is 9.00 Å². The molecule has 0 bridgehead atoms. The van der Waals surface area contributed by atoms with Crippen LogP contribution in [0.2, 0.25) is 0 Å². The molecule has 1 aliphatic heterocycles. The molecule has 0 unspecified atom stereocenters. The Morgan fingerprint density at radius 1 is 1.40 bits per heavy atom. The number of hydrogen-bond acceptors (Lipinski definition) is 4. The lowest BCUT2D eigenvalue weighted by molar-refractivity contribution is -0.123. The van der Waals surface area contributed by atoms with Crippen molar-refractivity contribution in [2.45, 2.75) is 49.8 Å². The number of amides is 1. The second kappa shape index (κ2) is 5.82. The van der Waals surface area contributed by atoms with Gasteiger partial charge in [-0.1, -0.05) is 0 Å². The minimum absolute atomic E-state index is 0.0862. The van der Waals surface area contributed by atoms with Crippen molar-refractivity contribution in [2.75, 3.05) is 25.4 Å². The van der Waals surface area contributed by atoms with Crippen LogP contribution in [-0.4, -0.2) is 50.7 Å². The fraction of sp³-hybridized carbons (Fsp3) is 0.857. The quantitative estimate of drug-likeness (QED) is 0.835. The second-order valence-corrected chi connectivity index (χ2v) is 8.67. The van der Waals surface area contributed by atoms with Crippen LogP contribution in [0.25, 0.3) is 0 Å². The first-order chi connectivity index (χ1) is 9.37. The third kappa shape index (κ3) is 3.39. The van der Waals surface area contributed by atoms with E-state index in [9.17, 15) is 14.3 Å². The monoisotopic (exact) mass is 297 g/mol. The summed E-state index contributed by atoms with van der Waals surface area (Å²) in [6, 6.07) is 2.27. The van der Waals surface area contributed by atoms with Crippen LogP contribution in [0.3, 0.4) is 0 Å². The van der Waals surface area contributed by atoms with Crippen molar-refractivity contribution in [3.8, 4) is 6.07 Å². The van der Waals surface area contributed by atoms with Crippen LogP contribution in [0.1, 0.15) is 39.5 Å². The van der Waals surface area contributed by atoms with Gasteiger partial charge in [0.1, 0.15) is 5.54 Å². The van der Waals surface area contributed by atoms with Gasteiger partial charge in [0.25, 0.3) is 0 Å². The Hall–Kier alpha value is -0.930. The first-order valence-electron chi connectivity index (χ1n) is 7.20. The number of nitrogens with one attached hydrogen (secondary N) is 1. The predicted octanol–water partition coefficient (Wildman–Crippen LogP) is 0.782. The van der Waals surface area contributed by atoms with Gasteiger partial charge < -0.3 is 5.32 Å². The molecule has 0 radical (unpaired) electrons. The summed E-state index contributed by atoms with van der Waals surface area (Å²) in [6.45, 7) is 5.58. The number of nitrogens with zero attached hydrogens (tertiary/aromatic N) is 2. The van der Waals surface area contributed by atoms with Crippen LogP contribution in [0.5, 0.6) is 0 Å². The van der Waals surface area contributed by atoms with Crippen LogP contribution in [-0.2, 0) is 15.6 Å². The number of rotatable bonds is 3. The molecule has 5 nitrogen and oxygen atoms in total. The highest BCUT2D eigenvalue weighted by atomic mass is 32.2. The molecule has 1 saturated heterocycles. The molecule has 1 N–H and O–H groups in total. The van der Waals surface area contributed by atoms with E-state index < -0.39 is 16.3 Å². The Kier molecular flexibility index (Phi) is 4.50. The first-order valence-corrected chi connectivity index (χ1v) is 8.52. The standard InChI is InChI=1S/C14H23N3O2S/c1-13(2)11-17(7-8-20(13)19)9-12(18)16-14(10-15)5-3-4-6-14/h3-9,11H2,1-2H3,(H,16,18)/t20-/m0/s1. The molecule has 20 heavy (non-hydrogen) atoms. The van der Waals surface area contributed by atoms with Crippen molar-refractivity contribution in [1.29, 1.82) is 5.26 Å². The number of hydrogen-bond donors (Lipinski definition) is 1. The van der Waals surface area contributed by atoms with E-state index in [4.69, 9.17) is 0 Å². The van der Waals surface area contributed by atoms with Gasteiger partial charge in [0.15, 0.2) is 0 Å². The maximum absolute atomic E-state index is 12.1. The number of carbonyl (C=O) groups excluding carboxylic acids is 1. The van der Waals surface area contributed by atoms with Crippen LogP contribution in [0, 0.1) is 11.3 Å². The van der Waals surface area contributed by atoms with Crippen LogP contribution >= 0.6 is 0 Å².